The summed E-state index contributed by atoms with van der Waals surface area (Å²) in [6, 6.07) is 14.2. The molecule has 0 unspecified atom stereocenters. The molecule has 2 aliphatic rings. The molecule has 0 radical (unpaired) electrons. The molecule has 0 bridgehead atoms. The van der Waals surface area contributed by atoms with E-state index in [1.807, 2.05) is 24.3 Å². The van der Waals surface area contributed by atoms with Crippen LogP contribution in [0, 0.1) is 11.7 Å². The van der Waals surface area contributed by atoms with Gasteiger partial charge in [-0.1, -0.05) is 35.6 Å². The standard InChI is InChI=1S/C26H26FN3O3S/c27-21-11-9-20(10-12-21)26(13-14-26)24-29-30-25(34-24)28-23(33)19-7-5-18(6-8-19)17-3-1-16(2-4-17)15-22(31)32/h5-12,16-17H,1-4,13-15H2,(H,31,32)(H,28,30,33). The number of carboxylic acid groups (broad SMARTS) is 1. The Kier molecular flexibility index (Phi) is 6.16. The summed E-state index contributed by atoms with van der Waals surface area (Å²) < 4.78 is 13.3. The van der Waals surface area contributed by atoms with Gasteiger partial charge in [0.1, 0.15) is 10.8 Å². The van der Waals surface area contributed by atoms with Gasteiger partial charge in [-0.2, -0.15) is 0 Å². The number of nitrogens with zero attached hydrogens (tertiary/aromatic N) is 2. The number of aromatic nitrogens is 2. The molecule has 0 spiro atoms. The lowest BCUT2D eigenvalue weighted by atomic mass is 9.77. The van der Waals surface area contributed by atoms with Gasteiger partial charge in [0.2, 0.25) is 5.13 Å². The van der Waals surface area contributed by atoms with Crippen LogP contribution in [-0.2, 0) is 10.2 Å². The fraction of sp³-hybridized carbons (Fsp3) is 0.385. The third-order valence-electron chi connectivity index (χ3n) is 7.16. The molecule has 1 amide bonds. The van der Waals surface area contributed by atoms with Crippen LogP contribution in [0.2, 0.25) is 0 Å². The van der Waals surface area contributed by atoms with Crippen LogP contribution < -0.4 is 5.32 Å². The van der Waals surface area contributed by atoms with E-state index in [9.17, 15) is 14.0 Å². The first-order chi connectivity index (χ1) is 16.4. The van der Waals surface area contributed by atoms with Crippen LogP contribution in [0.1, 0.15) is 77.4 Å². The molecule has 1 aromatic heterocycles. The molecule has 1 heterocycles. The van der Waals surface area contributed by atoms with Crippen molar-refractivity contribution in [1.82, 2.24) is 10.2 Å². The van der Waals surface area contributed by atoms with E-state index in [0.717, 1.165) is 49.1 Å². The van der Waals surface area contributed by atoms with E-state index in [4.69, 9.17) is 5.11 Å². The fourth-order valence-electron chi connectivity index (χ4n) is 5.01. The van der Waals surface area contributed by atoms with Crippen LogP contribution in [0.4, 0.5) is 9.52 Å². The summed E-state index contributed by atoms with van der Waals surface area (Å²) in [5.74, 6) is -0.528. The molecule has 8 heteroatoms. The number of nitrogens with one attached hydrogen (secondary N) is 1. The SMILES string of the molecule is O=C(O)CC1CCC(c2ccc(C(=O)Nc3nnc(C4(c5ccc(F)cc5)CC4)s3)cc2)CC1. The zero-order valence-corrected chi connectivity index (χ0v) is 19.5. The summed E-state index contributed by atoms with van der Waals surface area (Å²) in [7, 11) is 0. The number of anilines is 1. The molecular formula is C26H26FN3O3S. The number of amides is 1. The van der Waals surface area contributed by atoms with E-state index in [-0.39, 0.29) is 29.5 Å². The van der Waals surface area contributed by atoms with Crippen LogP contribution in [0.25, 0.3) is 0 Å². The third kappa shape index (κ3) is 4.73. The van der Waals surface area contributed by atoms with Crippen LogP contribution in [-0.4, -0.2) is 27.2 Å². The molecule has 2 aromatic carbocycles. The minimum absolute atomic E-state index is 0.223. The number of halogens is 1. The summed E-state index contributed by atoms with van der Waals surface area (Å²) in [4.78, 5) is 23.7. The molecule has 5 rings (SSSR count). The van der Waals surface area contributed by atoms with Crippen molar-refractivity contribution in [2.24, 2.45) is 5.92 Å². The van der Waals surface area contributed by atoms with E-state index in [2.05, 4.69) is 15.5 Å². The van der Waals surface area contributed by atoms with Crippen LogP contribution in [0.5, 0.6) is 0 Å². The molecule has 2 N–H and O–H groups in total. The first kappa shape index (κ1) is 22.7. The highest BCUT2D eigenvalue weighted by Gasteiger charge is 2.49. The first-order valence-electron chi connectivity index (χ1n) is 11.7. The summed E-state index contributed by atoms with van der Waals surface area (Å²) in [5.41, 5.74) is 2.55. The fourth-order valence-corrected chi connectivity index (χ4v) is 6.02. The Hall–Kier alpha value is -3.13. The topological polar surface area (TPSA) is 92.2 Å². The number of carbonyl (C=O) groups excluding carboxylic acids is 1. The van der Waals surface area contributed by atoms with Crippen molar-refractivity contribution >= 4 is 28.3 Å². The highest BCUT2D eigenvalue weighted by molar-refractivity contribution is 7.15. The molecule has 176 valence electrons. The quantitative estimate of drug-likeness (QED) is 0.450. The lowest BCUT2D eigenvalue weighted by Gasteiger charge is -2.28. The number of aliphatic carboxylic acids is 1. The van der Waals surface area contributed by atoms with Crippen molar-refractivity contribution in [1.29, 1.82) is 0 Å². The molecule has 2 fully saturated rings. The van der Waals surface area contributed by atoms with E-state index in [0.29, 0.717) is 16.6 Å². The molecular weight excluding hydrogens is 453 g/mol. The average Bonchev–Trinajstić information content (AvgIpc) is 3.51. The highest BCUT2D eigenvalue weighted by Crippen LogP contribution is 2.54. The molecule has 0 atom stereocenters. The van der Waals surface area contributed by atoms with Gasteiger partial charge in [-0.05, 0) is 85.8 Å². The van der Waals surface area contributed by atoms with Gasteiger partial charge < -0.3 is 5.11 Å². The van der Waals surface area contributed by atoms with Gasteiger partial charge in [0, 0.05) is 17.4 Å². The van der Waals surface area contributed by atoms with Crippen molar-refractivity contribution in [3.05, 3.63) is 76.0 Å². The number of carbonyl (C=O) groups is 2. The number of carboxylic acids is 1. The van der Waals surface area contributed by atoms with Gasteiger partial charge in [0.05, 0.1) is 0 Å². The van der Waals surface area contributed by atoms with Crippen molar-refractivity contribution in [2.45, 2.75) is 56.3 Å². The summed E-state index contributed by atoms with van der Waals surface area (Å²) in [6.07, 6.45) is 5.93. The first-order valence-corrected chi connectivity index (χ1v) is 12.5. The Morgan fingerprint density at radius 2 is 1.68 bits per heavy atom. The van der Waals surface area contributed by atoms with Gasteiger partial charge in [0.25, 0.3) is 5.91 Å². The molecule has 2 aliphatic carbocycles. The summed E-state index contributed by atoms with van der Waals surface area (Å²) in [6.45, 7) is 0. The van der Waals surface area contributed by atoms with Crippen LogP contribution in [0.15, 0.2) is 48.5 Å². The van der Waals surface area contributed by atoms with Crippen molar-refractivity contribution in [2.75, 3.05) is 5.32 Å². The molecule has 0 aliphatic heterocycles. The largest absolute Gasteiger partial charge is 0.481 e. The van der Waals surface area contributed by atoms with E-state index >= 15 is 0 Å². The lowest BCUT2D eigenvalue weighted by molar-refractivity contribution is -0.138. The number of hydrogen-bond donors (Lipinski definition) is 2. The van der Waals surface area contributed by atoms with Gasteiger partial charge in [-0.15, -0.1) is 10.2 Å². The zero-order chi connectivity index (χ0) is 23.7. The maximum atomic E-state index is 13.3. The Morgan fingerprint density at radius 3 is 2.29 bits per heavy atom. The molecule has 6 nitrogen and oxygen atoms in total. The molecule has 0 saturated heterocycles. The van der Waals surface area contributed by atoms with E-state index < -0.39 is 5.97 Å². The molecule has 3 aromatic rings. The van der Waals surface area contributed by atoms with Gasteiger partial charge in [0.15, 0.2) is 0 Å². The van der Waals surface area contributed by atoms with Crippen molar-refractivity contribution < 1.29 is 19.1 Å². The van der Waals surface area contributed by atoms with Crippen molar-refractivity contribution in [3.63, 3.8) is 0 Å². The highest BCUT2D eigenvalue weighted by atomic mass is 32.1. The maximum absolute atomic E-state index is 13.3. The second-order valence-electron chi connectivity index (χ2n) is 9.39. The van der Waals surface area contributed by atoms with E-state index in [1.165, 1.54) is 29.0 Å². The van der Waals surface area contributed by atoms with Crippen LogP contribution >= 0.6 is 11.3 Å². The van der Waals surface area contributed by atoms with Gasteiger partial charge in [-0.25, -0.2) is 4.39 Å². The predicted octanol–water partition coefficient (Wildman–Crippen LogP) is 5.76. The normalized spacial score (nSPS) is 21.1. The minimum atomic E-state index is -0.718. The Balaban J connectivity index is 1.20. The minimum Gasteiger partial charge on any atom is -0.481 e. The average molecular weight is 480 g/mol. The smallest absolute Gasteiger partial charge is 0.303 e. The number of benzene rings is 2. The van der Waals surface area contributed by atoms with Gasteiger partial charge >= 0.3 is 5.97 Å². The number of hydrogen-bond acceptors (Lipinski definition) is 5. The number of rotatable bonds is 7. The zero-order valence-electron chi connectivity index (χ0n) is 18.7. The summed E-state index contributed by atoms with van der Waals surface area (Å²) >= 11 is 1.36. The van der Waals surface area contributed by atoms with Gasteiger partial charge in [-0.3, -0.25) is 14.9 Å². The van der Waals surface area contributed by atoms with Crippen LogP contribution in [0.3, 0.4) is 0 Å². The lowest BCUT2D eigenvalue weighted by Crippen LogP contribution is -2.16. The Labute approximate surface area is 201 Å². The maximum Gasteiger partial charge on any atom is 0.303 e. The second kappa shape index (κ2) is 9.25. The second-order valence-corrected chi connectivity index (χ2v) is 10.4. The third-order valence-corrected chi connectivity index (χ3v) is 8.20. The summed E-state index contributed by atoms with van der Waals surface area (Å²) in [5, 5.41) is 21.6. The Bertz CT molecular complexity index is 1180. The predicted molar refractivity (Wildman–Crippen MR) is 128 cm³/mol. The van der Waals surface area contributed by atoms with E-state index in [1.54, 1.807) is 12.1 Å². The Morgan fingerprint density at radius 1 is 1.00 bits per heavy atom. The van der Waals surface area contributed by atoms with Crippen molar-refractivity contribution in [3.8, 4) is 0 Å². The molecule has 2 saturated carbocycles. The monoisotopic (exact) mass is 479 g/mol. The molecule has 34 heavy (non-hydrogen) atoms.